The summed E-state index contributed by atoms with van der Waals surface area (Å²) in [6.07, 6.45) is 1.17. The Morgan fingerprint density at radius 2 is 2.00 bits per heavy atom. The van der Waals surface area contributed by atoms with Crippen molar-refractivity contribution < 1.29 is 4.74 Å². The molecule has 0 aliphatic carbocycles. The summed E-state index contributed by atoms with van der Waals surface area (Å²) in [4.78, 5) is 0. The van der Waals surface area contributed by atoms with Crippen molar-refractivity contribution in [2.45, 2.75) is 39.3 Å². The second kappa shape index (κ2) is 6.15. The number of hydrogen-bond donors (Lipinski definition) is 1. The SMILES string of the molecule is CCCNC(C)c1nnc(C(C)OC)s1. The van der Waals surface area contributed by atoms with Gasteiger partial charge in [0.1, 0.15) is 16.1 Å². The summed E-state index contributed by atoms with van der Waals surface area (Å²) in [6.45, 7) is 7.25. The lowest BCUT2D eigenvalue weighted by atomic mass is 10.3. The molecular formula is C10H19N3OS. The lowest BCUT2D eigenvalue weighted by Gasteiger charge is -2.08. The molecule has 0 radical (unpaired) electrons. The molecule has 1 N–H and O–H groups in total. The smallest absolute Gasteiger partial charge is 0.146 e. The maximum atomic E-state index is 5.20. The highest BCUT2D eigenvalue weighted by Crippen LogP contribution is 2.23. The minimum absolute atomic E-state index is 0.0367. The zero-order valence-electron chi connectivity index (χ0n) is 9.78. The highest BCUT2D eigenvalue weighted by molar-refractivity contribution is 7.11. The van der Waals surface area contributed by atoms with Gasteiger partial charge < -0.3 is 10.1 Å². The van der Waals surface area contributed by atoms with Crippen LogP contribution in [0.15, 0.2) is 0 Å². The lowest BCUT2D eigenvalue weighted by Crippen LogP contribution is -2.19. The second-order valence-electron chi connectivity index (χ2n) is 3.53. The van der Waals surface area contributed by atoms with Gasteiger partial charge in [0.2, 0.25) is 0 Å². The highest BCUT2D eigenvalue weighted by atomic mass is 32.1. The molecule has 86 valence electrons. The number of aromatic nitrogens is 2. The average Bonchev–Trinajstić information content (AvgIpc) is 2.74. The first-order valence-corrected chi connectivity index (χ1v) is 6.10. The van der Waals surface area contributed by atoms with E-state index in [4.69, 9.17) is 4.74 Å². The number of ether oxygens (including phenoxy) is 1. The Bertz CT molecular complexity index is 290. The van der Waals surface area contributed by atoms with E-state index in [1.807, 2.05) is 6.92 Å². The van der Waals surface area contributed by atoms with E-state index in [1.54, 1.807) is 18.4 Å². The summed E-state index contributed by atoms with van der Waals surface area (Å²) < 4.78 is 5.20. The van der Waals surface area contributed by atoms with Crippen LogP contribution in [0.5, 0.6) is 0 Å². The highest BCUT2D eigenvalue weighted by Gasteiger charge is 2.14. The first kappa shape index (κ1) is 12.5. The molecule has 0 aromatic carbocycles. The Labute approximate surface area is 95.1 Å². The van der Waals surface area contributed by atoms with Crippen LogP contribution in [0.25, 0.3) is 0 Å². The standard InChI is InChI=1S/C10H19N3OS/c1-5-6-11-7(2)9-12-13-10(15-9)8(3)14-4/h7-8,11H,5-6H2,1-4H3. The molecule has 0 fully saturated rings. The van der Waals surface area contributed by atoms with Gasteiger partial charge in [0, 0.05) is 7.11 Å². The average molecular weight is 229 g/mol. The van der Waals surface area contributed by atoms with Crippen molar-refractivity contribution in [3.63, 3.8) is 0 Å². The van der Waals surface area contributed by atoms with Crippen LogP contribution < -0.4 is 5.32 Å². The number of nitrogens with one attached hydrogen (secondary N) is 1. The summed E-state index contributed by atoms with van der Waals surface area (Å²) in [6, 6.07) is 0.278. The van der Waals surface area contributed by atoms with Crippen LogP contribution in [0.1, 0.15) is 49.4 Å². The predicted molar refractivity (Wildman–Crippen MR) is 62.0 cm³/mol. The third kappa shape index (κ3) is 3.52. The number of nitrogens with zero attached hydrogens (tertiary/aromatic N) is 2. The first-order valence-electron chi connectivity index (χ1n) is 5.28. The first-order chi connectivity index (χ1) is 7.19. The van der Waals surface area contributed by atoms with Crippen molar-refractivity contribution in [1.82, 2.24) is 15.5 Å². The number of rotatable bonds is 6. The molecule has 1 aromatic heterocycles. The van der Waals surface area contributed by atoms with E-state index < -0.39 is 0 Å². The topological polar surface area (TPSA) is 47.0 Å². The lowest BCUT2D eigenvalue weighted by molar-refractivity contribution is 0.118. The van der Waals surface area contributed by atoms with Crippen molar-refractivity contribution in [3.8, 4) is 0 Å². The Balaban J connectivity index is 2.58. The predicted octanol–water partition coefficient (Wildman–Crippen LogP) is 2.31. The third-order valence-corrected chi connectivity index (χ3v) is 3.50. The van der Waals surface area contributed by atoms with Crippen LogP contribution in [0, 0.1) is 0 Å². The maximum absolute atomic E-state index is 5.20. The molecule has 2 unspecified atom stereocenters. The summed E-state index contributed by atoms with van der Waals surface area (Å²) in [5, 5.41) is 13.6. The molecular weight excluding hydrogens is 210 g/mol. The van der Waals surface area contributed by atoms with Crippen LogP contribution in [0.4, 0.5) is 0 Å². The Hall–Kier alpha value is -0.520. The molecule has 15 heavy (non-hydrogen) atoms. The Morgan fingerprint density at radius 1 is 1.33 bits per heavy atom. The summed E-state index contributed by atoms with van der Waals surface area (Å²) >= 11 is 1.61. The monoisotopic (exact) mass is 229 g/mol. The fourth-order valence-electron chi connectivity index (χ4n) is 1.13. The number of hydrogen-bond acceptors (Lipinski definition) is 5. The van der Waals surface area contributed by atoms with E-state index in [-0.39, 0.29) is 12.1 Å². The van der Waals surface area contributed by atoms with Crippen LogP contribution >= 0.6 is 11.3 Å². The molecule has 1 aromatic rings. The van der Waals surface area contributed by atoms with Crippen molar-refractivity contribution in [2.75, 3.05) is 13.7 Å². The van der Waals surface area contributed by atoms with Crippen LogP contribution in [-0.4, -0.2) is 23.9 Å². The van der Waals surface area contributed by atoms with Gasteiger partial charge in [-0.3, -0.25) is 0 Å². The van der Waals surface area contributed by atoms with Crippen LogP contribution in [0.3, 0.4) is 0 Å². The van der Waals surface area contributed by atoms with Gasteiger partial charge in [0.25, 0.3) is 0 Å². The maximum Gasteiger partial charge on any atom is 0.146 e. The van der Waals surface area contributed by atoms with Crippen molar-refractivity contribution in [1.29, 1.82) is 0 Å². The number of methoxy groups -OCH3 is 1. The van der Waals surface area contributed by atoms with Gasteiger partial charge in [-0.25, -0.2) is 0 Å². The van der Waals surface area contributed by atoms with E-state index in [2.05, 4.69) is 29.4 Å². The fraction of sp³-hybridized carbons (Fsp3) is 0.800. The van der Waals surface area contributed by atoms with Gasteiger partial charge in [-0.05, 0) is 26.8 Å². The van der Waals surface area contributed by atoms with Gasteiger partial charge in [-0.2, -0.15) is 0 Å². The molecule has 1 heterocycles. The van der Waals surface area contributed by atoms with Gasteiger partial charge in [-0.1, -0.05) is 18.3 Å². The largest absolute Gasteiger partial charge is 0.374 e. The van der Waals surface area contributed by atoms with Crippen molar-refractivity contribution in [3.05, 3.63) is 10.0 Å². The van der Waals surface area contributed by atoms with Gasteiger partial charge >= 0.3 is 0 Å². The molecule has 2 atom stereocenters. The molecule has 4 nitrogen and oxygen atoms in total. The molecule has 0 bridgehead atoms. The van der Waals surface area contributed by atoms with Crippen molar-refractivity contribution >= 4 is 11.3 Å². The molecule has 1 rings (SSSR count). The minimum Gasteiger partial charge on any atom is -0.374 e. The minimum atomic E-state index is 0.0367. The quantitative estimate of drug-likeness (QED) is 0.813. The van der Waals surface area contributed by atoms with E-state index in [0.29, 0.717) is 0 Å². The molecule has 0 aliphatic heterocycles. The molecule has 5 heteroatoms. The zero-order chi connectivity index (χ0) is 11.3. The van der Waals surface area contributed by atoms with Crippen LogP contribution in [0.2, 0.25) is 0 Å². The van der Waals surface area contributed by atoms with E-state index in [1.165, 1.54) is 0 Å². The summed E-state index contributed by atoms with van der Waals surface area (Å²) in [5.41, 5.74) is 0. The zero-order valence-corrected chi connectivity index (χ0v) is 10.6. The molecule has 0 saturated carbocycles. The van der Waals surface area contributed by atoms with Crippen LogP contribution in [-0.2, 0) is 4.74 Å². The Kier molecular flexibility index (Phi) is 5.14. The summed E-state index contributed by atoms with van der Waals surface area (Å²) in [5.74, 6) is 0. The molecule has 0 amide bonds. The molecule has 0 saturated heterocycles. The second-order valence-corrected chi connectivity index (χ2v) is 4.57. The van der Waals surface area contributed by atoms with Gasteiger partial charge in [0.05, 0.1) is 6.04 Å². The molecule has 0 aliphatic rings. The van der Waals surface area contributed by atoms with E-state index in [9.17, 15) is 0 Å². The third-order valence-electron chi connectivity index (χ3n) is 2.23. The van der Waals surface area contributed by atoms with Crippen molar-refractivity contribution in [2.24, 2.45) is 0 Å². The summed E-state index contributed by atoms with van der Waals surface area (Å²) in [7, 11) is 1.69. The van der Waals surface area contributed by atoms with E-state index >= 15 is 0 Å². The van der Waals surface area contributed by atoms with E-state index in [0.717, 1.165) is 23.0 Å². The Morgan fingerprint density at radius 3 is 2.60 bits per heavy atom. The van der Waals surface area contributed by atoms with Gasteiger partial charge in [-0.15, -0.1) is 10.2 Å². The molecule has 0 spiro atoms. The fourth-order valence-corrected chi connectivity index (χ4v) is 2.03. The normalized spacial score (nSPS) is 15.2. The van der Waals surface area contributed by atoms with Gasteiger partial charge in [0.15, 0.2) is 0 Å².